The zero-order valence-electron chi connectivity index (χ0n) is 14.1. The quantitative estimate of drug-likeness (QED) is 0.423. The van der Waals surface area contributed by atoms with E-state index in [1.165, 1.54) is 24.7 Å². The highest BCUT2D eigenvalue weighted by Crippen LogP contribution is 2.33. The molecule has 0 bridgehead atoms. The molecule has 0 amide bonds. The molecule has 0 saturated heterocycles. The molecule has 0 aliphatic heterocycles. The number of hydrogen-bond acceptors (Lipinski definition) is 5. The first kappa shape index (κ1) is 18.4. The van der Waals surface area contributed by atoms with Crippen molar-refractivity contribution in [2.45, 2.75) is 11.4 Å². The van der Waals surface area contributed by atoms with Gasteiger partial charge in [0.25, 0.3) is 5.88 Å². The average Bonchev–Trinajstić information content (AvgIpc) is 3.11. The fraction of sp³-hybridized carbons (Fsp3) is 0.111. The summed E-state index contributed by atoms with van der Waals surface area (Å²) in [6.07, 6.45) is 3.91. The van der Waals surface area contributed by atoms with E-state index in [4.69, 9.17) is 4.74 Å². The molecule has 0 aliphatic carbocycles. The molecular weight excluding hydrogens is 439 g/mol. The molecule has 0 N–H and O–H groups in total. The van der Waals surface area contributed by atoms with E-state index in [0.29, 0.717) is 5.56 Å². The Balaban J connectivity index is 1.62. The summed E-state index contributed by atoms with van der Waals surface area (Å²) in [5, 5.41) is 7.09. The van der Waals surface area contributed by atoms with Gasteiger partial charge in [-0.25, -0.2) is 9.37 Å². The predicted molar refractivity (Wildman–Crippen MR) is 97.6 cm³/mol. The molecule has 0 aliphatic rings. The number of nitrogens with zero attached hydrogens (tertiary/aromatic N) is 5. The van der Waals surface area contributed by atoms with Crippen molar-refractivity contribution >= 4 is 21.6 Å². The van der Waals surface area contributed by atoms with Crippen molar-refractivity contribution in [1.29, 1.82) is 0 Å². The van der Waals surface area contributed by atoms with Crippen LogP contribution in [0.5, 0.6) is 5.88 Å². The Kier molecular flexibility index (Phi) is 4.71. The van der Waals surface area contributed by atoms with E-state index < -0.39 is 16.5 Å². The Labute approximate surface area is 165 Å². The Morgan fingerprint density at radius 3 is 2.57 bits per heavy atom. The molecule has 0 atom stereocenters. The summed E-state index contributed by atoms with van der Waals surface area (Å²) in [7, 11) is 0. The van der Waals surface area contributed by atoms with E-state index in [9.17, 15) is 13.2 Å². The van der Waals surface area contributed by atoms with E-state index in [2.05, 4.69) is 36.1 Å². The largest absolute Gasteiger partial charge is 0.471 e. The van der Waals surface area contributed by atoms with Crippen molar-refractivity contribution in [3.05, 3.63) is 72.2 Å². The van der Waals surface area contributed by atoms with Gasteiger partial charge in [-0.2, -0.15) is 8.78 Å². The molecule has 10 heteroatoms. The van der Waals surface area contributed by atoms with Crippen LogP contribution < -0.4 is 4.74 Å². The number of pyridine rings is 1. The highest BCUT2D eigenvalue weighted by atomic mass is 79.9. The van der Waals surface area contributed by atoms with Gasteiger partial charge in [-0.15, -0.1) is 10.2 Å². The molecule has 0 spiro atoms. The fourth-order valence-corrected chi connectivity index (χ4v) is 2.81. The zero-order valence-corrected chi connectivity index (χ0v) is 15.6. The van der Waals surface area contributed by atoms with Crippen LogP contribution in [0.2, 0.25) is 0 Å². The van der Waals surface area contributed by atoms with Crippen molar-refractivity contribution in [3.63, 3.8) is 0 Å². The van der Waals surface area contributed by atoms with Crippen LogP contribution in [-0.2, 0) is 11.4 Å². The van der Waals surface area contributed by atoms with Crippen molar-refractivity contribution < 1.29 is 17.9 Å². The Hall–Kier alpha value is -3.01. The van der Waals surface area contributed by atoms with Gasteiger partial charge < -0.3 is 4.74 Å². The van der Waals surface area contributed by atoms with Crippen LogP contribution >= 0.6 is 15.9 Å². The molecule has 0 unspecified atom stereocenters. The summed E-state index contributed by atoms with van der Waals surface area (Å²) in [4.78, 5) is 4.71. The van der Waals surface area contributed by atoms with Crippen molar-refractivity contribution in [3.8, 4) is 17.1 Å². The lowest BCUT2D eigenvalue weighted by atomic mass is 10.2. The van der Waals surface area contributed by atoms with Gasteiger partial charge in [0.1, 0.15) is 6.61 Å². The monoisotopic (exact) mass is 449 g/mol. The lowest BCUT2D eigenvalue weighted by Crippen LogP contribution is -2.09. The topological polar surface area (TPSA) is 65.2 Å². The predicted octanol–water partition coefficient (Wildman–Crippen LogP) is 4.35. The van der Waals surface area contributed by atoms with Gasteiger partial charge in [-0.05, 0) is 27.6 Å². The van der Waals surface area contributed by atoms with Crippen LogP contribution in [0.25, 0.3) is 16.9 Å². The third-order valence-electron chi connectivity index (χ3n) is 3.87. The van der Waals surface area contributed by atoms with E-state index in [0.717, 1.165) is 9.96 Å². The zero-order chi connectivity index (χ0) is 19.7. The summed E-state index contributed by atoms with van der Waals surface area (Å²) in [6, 6.07) is 10.4. The maximum atomic E-state index is 14.4. The second-order valence-electron chi connectivity index (χ2n) is 5.81. The molecule has 142 valence electrons. The fourth-order valence-electron chi connectivity index (χ4n) is 2.54. The maximum Gasteiger partial charge on any atom is 0.360 e. The molecule has 0 radical (unpaired) electrons. The third kappa shape index (κ3) is 3.68. The SMILES string of the molecule is Fc1cc(-c2cn3c(C(F)(F)Br)nnc3cn2)cnc1OCc1ccccc1. The van der Waals surface area contributed by atoms with E-state index in [1.807, 2.05) is 30.3 Å². The van der Waals surface area contributed by atoms with Gasteiger partial charge in [-0.1, -0.05) is 30.3 Å². The van der Waals surface area contributed by atoms with Gasteiger partial charge in [-0.3, -0.25) is 9.38 Å². The van der Waals surface area contributed by atoms with Crippen LogP contribution in [0.3, 0.4) is 0 Å². The molecule has 3 heterocycles. The van der Waals surface area contributed by atoms with Crippen molar-refractivity contribution in [1.82, 2.24) is 24.6 Å². The maximum absolute atomic E-state index is 14.4. The summed E-state index contributed by atoms with van der Waals surface area (Å²) < 4.78 is 48.0. The molecule has 6 nitrogen and oxygen atoms in total. The molecule has 3 aromatic heterocycles. The summed E-state index contributed by atoms with van der Waals surface area (Å²) in [5.41, 5.74) is 1.53. The minimum atomic E-state index is -3.37. The van der Waals surface area contributed by atoms with Gasteiger partial charge in [0.2, 0.25) is 5.82 Å². The second-order valence-corrected chi connectivity index (χ2v) is 6.80. The standard InChI is InChI=1S/C18H11BrF3N5O/c19-18(21,22)17-26-25-15-8-23-14(9-27(15)17)12-6-13(20)16(24-7-12)28-10-11-4-2-1-3-5-11/h1-9H,10H2. The second kappa shape index (κ2) is 7.19. The highest BCUT2D eigenvalue weighted by Gasteiger charge is 2.33. The Morgan fingerprint density at radius 1 is 1.07 bits per heavy atom. The van der Waals surface area contributed by atoms with Gasteiger partial charge in [0.15, 0.2) is 11.5 Å². The molecule has 1 aromatic carbocycles. The van der Waals surface area contributed by atoms with Crippen LogP contribution in [0.4, 0.5) is 13.2 Å². The van der Waals surface area contributed by atoms with Crippen LogP contribution in [-0.4, -0.2) is 24.6 Å². The Morgan fingerprint density at radius 2 is 1.86 bits per heavy atom. The number of benzene rings is 1. The number of ether oxygens (including phenoxy) is 1. The average molecular weight is 450 g/mol. The first-order valence-corrected chi connectivity index (χ1v) is 8.82. The Bertz CT molecular complexity index is 1130. The third-order valence-corrected chi connectivity index (χ3v) is 4.22. The van der Waals surface area contributed by atoms with E-state index in [1.54, 1.807) is 0 Å². The smallest absolute Gasteiger partial charge is 0.360 e. The number of fused-ring (bicyclic) bond motifs is 1. The van der Waals surface area contributed by atoms with Crippen LogP contribution in [0.1, 0.15) is 11.4 Å². The van der Waals surface area contributed by atoms with Crippen LogP contribution in [0.15, 0.2) is 55.0 Å². The minimum Gasteiger partial charge on any atom is -0.471 e. The van der Waals surface area contributed by atoms with Crippen molar-refractivity contribution in [2.75, 3.05) is 0 Å². The summed E-state index contributed by atoms with van der Waals surface area (Å²) in [6.45, 7) is 0.165. The lowest BCUT2D eigenvalue weighted by Gasteiger charge is -2.09. The molecule has 0 saturated carbocycles. The van der Waals surface area contributed by atoms with Gasteiger partial charge in [0.05, 0.1) is 11.9 Å². The minimum absolute atomic E-state index is 0.133. The van der Waals surface area contributed by atoms with Gasteiger partial charge in [0, 0.05) is 18.0 Å². The lowest BCUT2D eigenvalue weighted by molar-refractivity contribution is 0.102. The highest BCUT2D eigenvalue weighted by molar-refractivity contribution is 9.09. The first-order valence-electron chi connectivity index (χ1n) is 8.02. The molecule has 4 rings (SSSR count). The number of hydrogen-bond donors (Lipinski definition) is 0. The number of rotatable bonds is 5. The number of halogens is 4. The number of aromatic nitrogens is 5. The molecule has 28 heavy (non-hydrogen) atoms. The van der Waals surface area contributed by atoms with Gasteiger partial charge >= 0.3 is 4.83 Å². The van der Waals surface area contributed by atoms with E-state index in [-0.39, 0.29) is 23.8 Å². The number of alkyl halides is 3. The van der Waals surface area contributed by atoms with E-state index >= 15 is 0 Å². The van der Waals surface area contributed by atoms with Crippen molar-refractivity contribution in [2.24, 2.45) is 0 Å². The summed E-state index contributed by atoms with van der Waals surface area (Å²) in [5.74, 6) is -1.46. The molecular formula is C18H11BrF3N5O. The molecule has 0 fully saturated rings. The normalized spacial score (nSPS) is 11.7. The first-order chi connectivity index (χ1) is 13.4. The molecule has 4 aromatic rings. The summed E-state index contributed by atoms with van der Waals surface area (Å²) >= 11 is 2.26. The van der Waals surface area contributed by atoms with Crippen LogP contribution in [0, 0.1) is 5.82 Å².